The number of nitrogens with zero attached hydrogens (tertiary/aromatic N) is 2. The molecule has 1 aromatic heterocycles. The average Bonchev–Trinajstić information content (AvgIpc) is 2.33. The van der Waals surface area contributed by atoms with Crippen LogP contribution in [0.5, 0.6) is 0 Å². The normalized spacial score (nSPS) is 11.8. The number of hydrogen-bond donors (Lipinski definition) is 0. The van der Waals surface area contributed by atoms with Crippen molar-refractivity contribution in [2.45, 2.75) is 12.2 Å². The van der Waals surface area contributed by atoms with Gasteiger partial charge in [-0.3, -0.25) is 0 Å². The van der Waals surface area contributed by atoms with Crippen LogP contribution in [0.15, 0.2) is 4.42 Å². The highest BCUT2D eigenvalue weighted by Gasteiger charge is 2.11. The summed E-state index contributed by atoms with van der Waals surface area (Å²) in [7, 11) is -3.11. The Hall–Kier alpha value is -0.620. The number of rotatable bonds is 4. The molecule has 0 unspecified atom stereocenters. The summed E-state index contributed by atoms with van der Waals surface area (Å²) in [6, 6.07) is 0. The summed E-state index contributed by atoms with van der Waals surface area (Å²) in [6.07, 6.45) is 1.57. The van der Waals surface area contributed by atoms with Crippen molar-refractivity contribution in [3.05, 3.63) is 11.8 Å². The van der Waals surface area contributed by atoms with Gasteiger partial charge in [-0.2, -0.15) is 0 Å². The first kappa shape index (κ1) is 10.5. The van der Waals surface area contributed by atoms with Crippen molar-refractivity contribution >= 4 is 21.4 Å². The Morgan fingerprint density at radius 1 is 1.38 bits per heavy atom. The molecule has 1 heterocycles. The second-order valence-corrected chi connectivity index (χ2v) is 5.12. The zero-order valence-corrected chi connectivity index (χ0v) is 8.60. The van der Waals surface area contributed by atoms with Crippen LogP contribution >= 0.6 is 11.6 Å². The van der Waals surface area contributed by atoms with E-state index in [1.165, 1.54) is 0 Å². The van der Waals surface area contributed by atoms with Gasteiger partial charge in [0.2, 0.25) is 11.8 Å². The van der Waals surface area contributed by atoms with Crippen LogP contribution in [-0.2, 0) is 22.0 Å². The van der Waals surface area contributed by atoms with E-state index in [-0.39, 0.29) is 11.6 Å². The van der Waals surface area contributed by atoms with Crippen LogP contribution in [0.4, 0.5) is 0 Å². The summed E-state index contributed by atoms with van der Waals surface area (Å²) < 4.78 is 26.6. The third-order valence-electron chi connectivity index (χ3n) is 1.20. The highest BCUT2D eigenvalue weighted by atomic mass is 35.5. The fourth-order valence-corrected chi connectivity index (χ4v) is 1.48. The Kier molecular flexibility index (Phi) is 3.27. The Balaban J connectivity index is 2.69. The highest BCUT2D eigenvalue weighted by molar-refractivity contribution is 7.89. The third-order valence-corrected chi connectivity index (χ3v) is 2.16. The van der Waals surface area contributed by atoms with Crippen LogP contribution in [0.25, 0.3) is 0 Å². The first-order valence-corrected chi connectivity index (χ1v) is 6.16. The lowest BCUT2D eigenvalue weighted by molar-refractivity contribution is 0.466. The maximum atomic E-state index is 10.8. The smallest absolute Gasteiger partial charge is 0.231 e. The van der Waals surface area contributed by atoms with Crippen molar-refractivity contribution in [2.75, 3.05) is 12.1 Å². The van der Waals surface area contributed by atoms with Crippen molar-refractivity contribution in [2.24, 2.45) is 0 Å². The minimum Gasteiger partial charge on any atom is -0.424 e. The van der Waals surface area contributed by atoms with Gasteiger partial charge in [-0.15, -0.1) is 21.8 Å². The Bertz CT molecular complexity index is 373. The fraction of sp³-hybridized carbons (Fsp3) is 0.667. The molecule has 1 aromatic rings. The topological polar surface area (TPSA) is 73.1 Å². The summed E-state index contributed by atoms with van der Waals surface area (Å²) in [5.41, 5.74) is 0. The van der Waals surface area contributed by atoms with Crippen molar-refractivity contribution in [3.8, 4) is 0 Å². The molecule has 0 fully saturated rings. The molecule has 0 aromatic carbocycles. The maximum Gasteiger partial charge on any atom is 0.231 e. The van der Waals surface area contributed by atoms with Gasteiger partial charge < -0.3 is 4.42 Å². The van der Waals surface area contributed by atoms with E-state index in [0.29, 0.717) is 18.2 Å². The molecular formula is C6H9ClN2O3S. The standard InChI is InChI=1S/C6H9ClN2O3S/c1-13(10,11)4-6-9-8-5(12-6)2-3-7/h2-4H2,1H3. The second kappa shape index (κ2) is 4.06. The predicted molar refractivity (Wildman–Crippen MR) is 47.3 cm³/mol. The molecule has 0 N–H and O–H groups in total. The van der Waals surface area contributed by atoms with Crippen LogP contribution in [0.1, 0.15) is 11.8 Å². The van der Waals surface area contributed by atoms with Crippen LogP contribution in [0, 0.1) is 0 Å². The molecule has 74 valence electrons. The molecule has 0 aliphatic carbocycles. The van der Waals surface area contributed by atoms with E-state index in [1.807, 2.05) is 0 Å². The molecule has 5 nitrogen and oxygen atoms in total. The van der Waals surface area contributed by atoms with E-state index < -0.39 is 9.84 Å². The van der Waals surface area contributed by atoms with Crippen molar-refractivity contribution in [3.63, 3.8) is 0 Å². The molecule has 0 saturated carbocycles. The quantitative estimate of drug-likeness (QED) is 0.692. The van der Waals surface area contributed by atoms with Gasteiger partial charge >= 0.3 is 0 Å². The number of alkyl halides is 1. The number of sulfone groups is 1. The molecule has 0 aliphatic heterocycles. The molecule has 13 heavy (non-hydrogen) atoms. The molecule has 0 saturated heterocycles. The van der Waals surface area contributed by atoms with Crippen molar-refractivity contribution < 1.29 is 12.8 Å². The number of hydrogen-bond acceptors (Lipinski definition) is 5. The van der Waals surface area contributed by atoms with Gasteiger partial charge in [0.25, 0.3) is 0 Å². The van der Waals surface area contributed by atoms with Gasteiger partial charge in [0.05, 0.1) is 0 Å². The number of halogens is 1. The van der Waals surface area contributed by atoms with Crippen LogP contribution < -0.4 is 0 Å². The van der Waals surface area contributed by atoms with E-state index in [4.69, 9.17) is 16.0 Å². The SMILES string of the molecule is CS(=O)(=O)Cc1nnc(CCCl)o1. The molecule has 7 heteroatoms. The molecule has 1 rings (SSSR count). The monoisotopic (exact) mass is 224 g/mol. The summed E-state index contributed by atoms with van der Waals surface area (Å²) in [6.45, 7) is 0. The Morgan fingerprint density at radius 2 is 2.00 bits per heavy atom. The Labute approximate surface area is 81.0 Å². The van der Waals surface area contributed by atoms with Crippen LogP contribution in [0.2, 0.25) is 0 Å². The summed E-state index contributed by atoms with van der Waals surface area (Å²) in [5.74, 6) is 0.638. The molecule has 0 radical (unpaired) electrons. The van der Waals surface area contributed by atoms with Crippen LogP contribution in [-0.4, -0.2) is 30.8 Å². The molecule has 0 atom stereocenters. The summed E-state index contributed by atoms with van der Waals surface area (Å²) in [4.78, 5) is 0. The van der Waals surface area contributed by atoms with Gasteiger partial charge in [-0.25, -0.2) is 8.42 Å². The minimum atomic E-state index is -3.11. The predicted octanol–water partition coefficient (Wildman–Crippen LogP) is 0.395. The first-order valence-electron chi connectivity index (χ1n) is 3.56. The minimum absolute atomic E-state index is 0.114. The molecule has 0 aliphatic rings. The Morgan fingerprint density at radius 3 is 2.54 bits per heavy atom. The highest BCUT2D eigenvalue weighted by Crippen LogP contribution is 2.04. The van der Waals surface area contributed by atoms with Crippen molar-refractivity contribution in [1.82, 2.24) is 10.2 Å². The van der Waals surface area contributed by atoms with E-state index in [1.54, 1.807) is 0 Å². The van der Waals surface area contributed by atoms with Gasteiger partial charge in [0.15, 0.2) is 9.84 Å². The van der Waals surface area contributed by atoms with E-state index >= 15 is 0 Å². The summed E-state index contributed by atoms with van der Waals surface area (Å²) in [5, 5.41) is 7.19. The van der Waals surface area contributed by atoms with E-state index in [2.05, 4.69) is 10.2 Å². The lowest BCUT2D eigenvalue weighted by Gasteiger charge is -1.89. The zero-order chi connectivity index (χ0) is 9.90. The lowest BCUT2D eigenvalue weighted by atomic mass is 10.5. The maximum absolute atomic E-state index is 10.8. The van der Waals surface area contributed by atoms with Gasteiger partial charge in [0, 0.05) is 18.6 Å². The number of aryl methyl sites for hydroxylation is 1. The first-order chi connectivity index (χ1) is 6.01. The zero-order valence-electron chi connectivity index (χ0n) is 7.03. The van der Waals surface area contributed by atoms with Gasteiger partial charge in [-0.1, -0.05) is 0 Å². The van der Waals surface area contributed by atoms with Crippen molar-refractivity contribution in [1.29, 1.82) is 0 Å². The van der Waals surface area contributed by atoms with E-state index in [0.717, 1.165) is 6.26 Å². The van der Waals surface area contributed by atoms with Gasteiger partial charge in [-0.05, 0) is 0 Å². The van der Waals surface area contributed by atoms with E-state index in [9.17, 15) is 8.42 Å². The molecule has 0 amide bonds. The molecule has 0 bridgehead atoms. The lowest BCUT2D eigenvalue weighted by Crippen LogP contribution is -2.00. The fourth-order valence-electron chi connectivity index (χ4n) is 0.753. The molecule has 0 spiro atoms. The second-order valence-electron chi connectivity index (χ2n) is 2.60. The number of aromatic nitrogens is 2. The average molecular weight is 225 g/mol. The molecular weight excluding hydrogens is 216 g/mol. The van der Waals surface area contributed by atoms with Gasteiger partial charge in [0.1, 0.15) is 5.75 Å². The third kappa shape index (κ3) is 3.73. The van der Waals surface area contributed by atoms with Crippen LogP contribution in [0.3, 0.4) is 0 Å². The largest absolute Gasteiger partial charge is 0.424 e. The summed E-state index contributed by atoms with van der Waals surface area (Å²) >= 11 is 5.43.